The predicted octanol–water partition coefficient (Wildman–Crippen LogP) is 1.83. The number of hydrogen-bond donors (Lipinski definition) is 2. The van der Waals surface area contributed by atoms with Crippen LogP contribution in [0.15, 0.2) is 12.1 Å². The van der Waals surface area contributed by atoms with Gasteiger partial charge in [0.1, 0.15) is 0 Å². The Morgan fingerprint density at radius 3 is 2.44 bits per heavy atom. The van der Waals surface area contributed by atoms with Gasteiger partial charge in [-0.3, -0.25) is 9.59 Å². The number of rotatable bonds is 4. The highest BCUT2D eigenvalue weighted by Crippen LogP contribution is 2.40. The molecule has 0 radical (unpaired) electrons. The molecule has 0 bridgehead atoms. The van der Waals surface area contributed by atoms with Gasteiger partial charge in [0.15, 0.2) is 9.84 Å². The molecule has 3 unspecified atom stereocenters. The fourth-order valence-corrected chi connectivity index (χ4v) is 5.32. The Morgan fingerprint density at radius 2 is 1.84 bits per heavy atom. The lowest BCUT2D eigenvalue weighted by Gasteiger charge is -2.12. The summed E-state index contributed by atoms with van der Waals surface area (Å²) >= 11 is 6.19. The fraction of sp³-hybridized carbons (Fsp3) is 0.529. The van der Waals surface area contributed by atoms with Crippen LogP contribution in [0, 0.1) is 25.7 Å². The Bertz CT molecular complexity index is 814. The van der Waals surface area contributed by atoms with Crippen LogP contribution in [-0.2, 0) is 19.4 Å². The van der Waals surface area contributed by atoms with Crippen LogP contribution in [0.1, 0.15) is 24.0 Å². The zero-order valence-electron chi connectivity index (χ0n) is 14.1. The summed E-state index contributed by atoms with van der Waals surface area (Å²) in [5.41, 5.74) is 2.46. The summed E-state index contributed by atoms with van der Waals surface area (Å²) < 4.78 is 22.9. The summed E-state index contributed by atoms with van der Waals surface area (Å²) in [7, 11) is -3.04. The second kappa shape index (κ2) is 6.61. The Hall–Kier alpha value is -1.60. The maximum atomic E-state index is 12.4. The minimum Gasteiger partial charge on any atom is -0.352 e. The summed E-state index contributed by atoms with van der Waals surface area (Å²) in [4.78, 5) is 24.6. The first-order chi connectivity index (χ1) is 11.7. The molecule has 1 heterocycles. The molecule has 1 aliphatic heterocycles. The van der Waals surface area contributed by atoms with Crippen LogP contribution in [-0.4, -0.2) is 37.8 Å². The Balaban J connectivity index is 1.56. The Kier molecular flexibility index (Phi) is 4.81. The molecule has 1 aliphatic carbocycles. The van der Waals surface area contributed by atoms with Gasteiger partial charge in [0.25, 0.3) is 0 Å². The molecule has 1 saturated heterocycles. The van der Waals surface area contributed by atoms with Crippen LogP contribution in [0.25, 0.3) is 0 Å². The van der Waals surface area contributed by atoms with Crippen molar-refractivity contribution in [3.8, 4) is 0 Å². The normalized spacial score (nSPS) is 26.9. The molecule has 2 amide bonds. The molecule has 3 rings (SSSR count). The number of nitrogens with one attached hydrogen (secondary N) is 2. The topological polar surface area (TPSA) is 92.3 Å². The fourth-order valence-electron chi connectivity index (χ4n) is 3.28. The van der Waals surface area contributed by atoms with Gasteiger partial charge in [0, 0.05) is 6.04 Å². The molecule has 1 saturated carbocycles. The molecule has 0 aromatic heterocycles. The number of sulfone groups is 1. The standard InChI is InChI=1S/C17H21ClN2O4S/c1-9-5-10(2)15(14(18)6-9)20-17(22)13-7-12(13)16(21)19-11-3-4-25(23,24)8-11/h5-6,11-13H,3-4,7-8H2,1-2H3,(H,19,21)(H,20,22). The highest BCUT2D eigenvalue weighted by atomic mass is 35.5. The lowest BCUT2D eigenvalue weighted by atomic mass is 10.1. The van der Waals surface area contributed by atoms with Crippen molar-refractivity contribution in [3.05, 3.63) is 28.3 Å². The van der Waals surface area contributed by atoms with E-state index in [1.807, 2.05) is 19.9 Å². The number of amides is 2. The minimum atomic E-state index is -3.04. The summed E-state index contributed by atoms with van der Waals surface area (Å²) in [6.45, 7) is 3.79. The van der Waals surface area contributed by atoms with Gasteiger partial charge in [-0.15, -0.1) is 0 Å². The first-order valence-electron chi connectivity index (χ1n) is 8.24. The van der Waals surface area contributed by atoms with Crippen LogP contribution in [0.3, 0.4) is 0 Å². The van der Waals surface area contributed by atoms with Crippen molar-refractivity contribution in [1.82, 2.24) is 5.32 Å². The zero-order valence-corrected chi connectivity index (χ0v) is 15.7. The highest BCUT2D eigenvalue weighted by Gasteiger charge is 2.49. The van der Waals surface area contributed by atoms with Crippen molar-refractivity contribution in [2.24, 2.45) is 11.8 Å². The molecule has 136 valence electrons. The summed E-state index contributed by atoms with van der Waals surface area (Å²) in [5, 5.41) is 6.04. The molecular weight excluding hydrogens is 364 g/mol. The lowest BCUT2D eigenvalue weighted by Crippen LogP contribution is -2.37. The van der Waals surface area contributed by atoms with Gasteiger partial charge in [-0.2, -0.15) is 0 Å². The molecule has 0 spiro atoms. The van der Waals surface area contributed by atoms with Crippen molar-refractivity contribution in [2.75, 3.05) is 16.8 Å². The number of hydrogen-bond acceptors (Lipinski definition) is 4. The highest BCUT2D eigenvalue weighted by molar-refractivity contribution is 7.91. The Morgan fingerprint density at radius 1 is 1.16 bits per heavy atom. The molecule has 2 fully saturated rings. The summed E-state index contributed by atoms with van der Waals surface area (Å²) in [5.74, 6) is -1.16. The molecule has 1 aromatic carbocycles. The number of carbonyl (C=O) groups excluding carboxylic acids is 2. The van der Waals surface area contributed by atoms with Crippen molar-refractivity contribution in [1.29, 1.82) is 0 Å². The van der Waals surface area contributed by atoms with Crippen LogP contribution in [0.4, 0.5) is 5.69 Å². The van der Waals surface area contributed by atoms with E-state index in [-0.39, 0.29) is 29.4 Å². The van der Waals surface area contributed by atoms with Crippen molar-refractivity contribution < 1.29 is 18.0 Å². The third kappa shape index (κ3) is 4.15. The van der Waals surface area contributed by atoms with Gasteiger partial charge in [-0.1, -0.05) is 17.7 Å². The van der Waals surface area contributed by atoms with E-state index < -0.39 is 21.7 Å². The van der Waals surface area contributed by atoms with E-state index in [0.29, 0.717) is 23.6 Å². The van der Waals surface area contributed by atoms with Crippen molar-refractivity contribution >= 4 is 38.9 Å². The van der Waals surface area contributed by atoms with Crippen molar-refractivity contribution in [3.63, 3.8) is 0 Å². The first-order valence-corrected chi connectivity index (χ1v) is 10.4. The predicted molar refractivity (Wildman–Crippen MR) is 96.4 cm³/mol. The second-order valence-corrected chi connectivity index (χ2v) is 9.62. The van der Waals surface area contributed by atoms with Gasteiger partial charge in [-0.25, -0.2) is 8.42 Å². The zero-order chi connectivity index (χ0) is 18.4. The summed E-state index contributed by atoms with van der Waals surface area (Å²) in [6, 6.07) is 3.37. The number of aryl methyl sites for hydroxylation is 2. The number of benzene rings is 1. The molecule has 2 N–H and O–H groups in total. The van der Waals surface area contributed by atoms with Gasteiger partial charge in [-0.05, 0) is 43.9 Å². The second-order valence-electron chi connectivity index (χ2n) is 6.99. The Labute approximate surface area is 152 Å². The van der Waals surface area contributed by atoms with Crippen LogP contribution >= 0.6 is 11.6 Å². The molecule has 3 atom stereocenters. The quantitative estimate of drug-likeness (QED) is 0.828. The molecular formula is C17H21ClN2O4S. The van der Waals surface area contributed by atoms with Gasteiger partial charge < -0.3 is 10.6 Å². The summed E-state index contributed by atoms with van der Waals surface area (Å²) in [6.07, 6.45) is 0.912. The van der Waals surface area contributed by atoms with Crippen molar-refractivity contribution in [2.45, 2.75) is 32.7 Å². The van der Waals surface area contributed by atoms with Crippen LogP contribution < -0.4 is 10.6 Å². The molecule has 25 heavy (non-hydrogen) atoms. The third-order valence-electron chi connectivity index (χ3n) is 4.72. The van der Waals surface area contributed by atoms with E-state index in [1.165, 1.54) is 0 Å². The third-order valence-corrected chi connectivity index (χ3v) is 6.79. The van der Waals surface area contributed by atoms with E-state index in [2.05, 4.69) is 10.6 Å². The monoisotopic (exact) mass is 384 g/mol. The largest absolute Gasteiger partial charge is 0.352 e. The van der Waals surface area contributed by atoms with Crippen LogP contribution in [0.2, 0.25) is 5.02 Å². The maximum absolute atomic E-state index is 12.4. The van der Waals surface area contributed by atoms with E-state index >= 15 is 0 Å². The molecule has 1 aromatic rings. The lowest BCUT2D eigenvalue weighted by molar-refractivity contribution is -0.125. The number of anilines is 1. The molecule has 6 nitrogen and oxygen atoms in total. The van der Waals surface area contributed by atoms with E-state index in [0.717, 1.165) is 11.1 Å². The van der Waals surface area contributed by atoms with E-state index in [1.54, 1.807) is 6.07 Å². The van der Waals surface area contributed by atoms with E-state index in [9.17, 15) is 18.0 Å². The number of halogens is 1. The molecule has 8 heteroatoms. The van der Waals surface area contributed by atoms with Gasteiger partial charge in [0.05, 0.1) is 34.1 Å². The van der Waals surface area contributed by atoms with Gasteiger partial charge >= 0.3 is 0 Å². The smallest absolute Gasteiger partial charge is 0.228 e. The van der Waals surface area contributed by atoms with Crippen LogP contribution in [0.5, 0.6) is 0 Å². The maximum Gasteiger partial charge on any atom is 0.228 e. The average molecular weight is 385 g/mol. The molecule has 2 aliphatic rings. The SMILES string of the molecule is Cc1cc(C)c(NC(=O)C2CC2C(=O)NC2CCS(=O)(=O)C2)c(Cl)c1. The first kappa shape index (κ1) is 18.2. The van der Waals surface area contributed by atoms with Gasteiger partial charge in [0.2, 0.25) is 11.8 Å². The minimum absolute atomic E-state index is 0.0134. The average Bonchev–Trinajstić information content (AvgIpc) is 3.22. The number of carbonyl (C=O) groups is 2. The van der Waals surface area contributed by atoms with E-state index in [4.69, 9.17) is 11.6 Å².